The number of rotatable bonds is 3. The van der Waals surface area contributed by atoms with Gasteiger partial charge in [-0.3, -0.25) is 4.79 Å². The minimum Gasteiger partial charge on any atom is -0.481 e. The van der Waals surface area contributed by atoms with Crippen molar-refractivity contribution in [2.24, 2.45) is 0 Å². The van der Waals surface area contributed by atoms with Crippen LogP contribution in [0, 0.1) is 12.7 Å². The SMILES string of the molecule is Cc1nc(CCC(=O)O)c2cc(F)ccc2n1. The number of halogens is 1. The minimum atomic E-state index is -0.897. The lowest BCUT2D eigenvalue weighted by molar-refractivity contribution is -0.136. The standard InChI is InChI=1S/C12H11FN2O2/c1-7-14-10-3-2-8(13)6-9(10)11(15-7)4-5-12(16)17/h2-3,6H,4-5H2,1H3,(H,16,17). The van der Waals surface area contributed by atoms with Crippen LogP contribution in [0.1, 0.15) is 17.9 Å². The fourth-order valence-electron chi connectivity index (χ4n) is 1.71. The Morgan fingerprint density at radius 2 is 2.18 bits per heavy atom. The third kappa shape index (κ3) is 2.55. The summed E-state index contributed by atoms with van der Waals surface area (Å²) in [5, 5.41) is 9.23. The molecular weight excluding hydrogens is 223 g/mol. The number of carboxylic acid groups (broad SMARTS) is 1. The number of fused-ring (bicyclic) bond motifs is 1. The number of carbonyl (C=O) groups is 1. The zero-order valence-electron chi connectivity index (χ0n) is 9.27. The molecule has 0 atom stereocenters. The molecule has 17 heavy (non-hydrogen) atoms. The highest BCUT2D eigenvalue weighted by Gasteiger charge is 2.08. The zero-order chi connectivity index (χ0) is 12.4. The van der Waals surface area contributed by atoms with Gasteiger partial charge in [0.15, 0.2) is 0 Å². The largest absolute Gasteiger partial charge is 0.481 e. The van der Waals surface area contributed by atoms with E-state index in [0.717, 1.165) is 0 Å². The number of hydrogen-bond acceptors (Lipinski definition) is 3. The van der Waals surface area contributed by atoms with Gasteiger partial charge in [-0.05, 0) is 25.1 Å². The first-order valence-electron chi connectivity index (χ1n) is 5.21. The van der Waals surface area contributed by atoms with E-state index in [1.54, 1.807) is 13.0 Å². The second-order valence-corrected chi connectivity index (χ2v) is 3.77. The Balaban J connectivity index is 2.51. The van der Waals surface area contributed by atoms with Crippen molar-refractivity contribution < 1.29 is 14.3 Å². The Bertz CT molecular complexity index is 584. The first-order valence-corrected chi connectivity index (χ1v) is 5.21. The van der Waals surface area contributed by atoms with Crippen molar-refractivity contribution in [2.75, 3.05) is 0 Å². The maximum atomic E-state index is 13.1. The first kappa shape index (κ1) is 11.4. The van der Waals surface area contributed by atoms with Gasteiger partial charge >= 0.3 is 5.97 Å². The van der Waals surface area contributed by atoms with Gasteiger partial charge in [0.05, 0.1) is 17.6 Å². The van der Waals surface area contributed by atoms with Crippen LogP contribution in [0.2, 0.25) is 0 Å². The predicted octanol–water partition coefficient (Wildman–Crippen LogP) is 2.09. The highest BCUT2D eigenvalue weighted by Crippen LogP contribution is 2.18. The molecule has 0 radical (unpaired) electrons. The molecule has 0 unspecified atom stereocenters. The van der Waals surface area contributed by atoms with Crippen LogP contribution in [0.3, 0.4) is 0 Å². The third-order valence-corrected chi connectivity index (χ3v) is 2.42. The molecule has 4 nitrogen and oxygen atoms in total. The van der Waals surface area contributed by atoms with E-state index in [1.165, 1.54) is 12.1 Å². The van der Waals surface area contributed by atoms with Gasteiger partial charge < -0.3 is 5.11 Å². The fourth-order valence-corrected chi connectivity index (χ4v) is 1.71. The Labute approximate surface area is 97.1 Å². The quantitative estimate of drug-likeness (QED) is 0.883. The van der Waals surface area contributed by atoms with Crippen molar-refractivity contribution in [3.05, 3.63) is 35.5 Å². The van der Waals surface area contributed by atoms with Crippen molar-refractivity contribution in [2.45, 2.75) is 19.8 Å². The summed E-state index contributed by atoms with van der Waals surface area (Å²) in [5.74, 6) is -0.711. The number of nitrogens with zero attached hydrogens (tertiary/aromatic N) is 2. The summed E-state index contributed by atoms with van der Waals surface area (Å²) in [6.45, 7) is 1.73. The van der Waals surface area contributed by atoms with E-state index in [1.807, 2.05) is 0 Å². The van der Waals surface area contributed by atoms with Gasteiger partial charge in [0.2, 0.25) is 0 Å². The lowest BCUT2D eigenvalue weighted by Crippen LogP contribution is -2.02. The zero-order valence-corrected chi connectivity index (χ0v) is 9.27. The molecular formula is C12H11FN2O2. The van der Waals surface area contributed by atoms with Crippen molar-refractivity contribution in [1.82, 2.24) is 9.97 Å². The Hall–Kier alpha value is -2.04. The summed E-state index contributed by atoms with van der Waals surface area (Å²) < 4.78 is 13.1. The van der Waals surface area contributed by atoms with Crippen LogP contribution in [-0.2, 0) is 11.2 Å². The number of aryl methyl sites for hydroxylation is 2. The van der Waals surface area contributed by atoms with Crippen LogP contribution in [0.5, 0.6) is 0 Å². The third-order valence-electron chi connectivity index (χ3n) is 2.42. The van der Waals surface area contributed by atoms with Gasteiger partial charge in [-0.1, -0.05) is 0 Å². The van der Waals surface area contributed by atoms with E-state index in [-0.39, 0.29) is 18.7 Å². The normalized spacial score (nSPS) is 10.7. The number of aliphatic carboxylic acids is 1. The van der Waals surface area contributed by atoms with Crippen molar-refractivity contribution in [3.63, 3.8) is 0 Å². The lowest BCUT2D eigenvalue weighted by atomic mass is 10.1. The topological polar surface area (TPSA) is 63.1 Å². The van der Waals surface area contributed by atoms with Gasteiger partial charge in [-0.2, -0.15) is 0 Å². The van der Waals surface area contributed by atoms with Crippen molar-refractivity contribution in [3.8, 4) is 0 Å². The lowest BCUT2D eigenvalue weighted by Gasteiger charge is -2.05. The molecule has 1 aromatic heterocycles. The molecule has 0 aliphatic carbocycles. The average Bonchev–Trinajstić information content (AvgIpc) is 2.26. The van der Waals surface area contributed by atoms with E-state index < -0.39 is 5.97 Å². The molecule has 0 amide bonds. The first-order chi connectivity index (χ1) is 8.06. The van der Waals surface area contributed by atoms with Gasteiger partial charge in [0.25, 0.3) is 0 Å². The van der Waals surface area contributed by atoms with Crippen LogP contribution in [0.25, 0.3) is 10.9 Å². The second kappa shape index (κ2) is 4.45. The molecule has 88 valence electrons. The maximum absolute atomic E-state index is 13.1. The number of carboxylic acids is 1. The predicted molar refractivity (Wildman–Crippen MR) is 60.2 cm³/mol. The summed E-state index contributed by atoms with van der Waals surface area (Å²) in [4.78, 5) is 18.9. The van der Waals surface area contributed by atoms with E-state index in [4.69, 9.17) is 5.11 Å². The van der Waals surface area contributed by atoms with Gasteiger partial charge in [0, 0.05) is 11.8 Å². The second-order valence-electron chi connectivity index (χ2n) is 3.77. The highest BCUT2D eigenvalue weighted by atomic mass is 19.1. The monoisotopic (exact) mass is 234 g/mol. The summed E-state index contributed by atoms with van der Waals surface area (Å²) in [6.07, 6.45) is 0.251. The van der Waals surface area contributed by atoms with Crippen LogP contribution in [-0.4, -0.2) is 21.0 Å². The molecule has 5 heteroatoms. The smallest absolute Gasteiger partial charge is 0.303 e. The molecule has 1 heterocycles. The number of benzene rings is 1. The molecule has 0 spiro atoms. The van der Waals surface area contributed by atoms with E-state index in [2.05, 4.69) is 9.97 Å². The van der Waals surface area contributed by atoms with E-state index in [0.29, 0.717) is 22.4 Å². The summed E-state index contributed by atoms with van der Waals surface area (Å²) in [5.41, 5.74) is 1.22. The van der Waals surface area contributed by atoms with E-state index in [9.17, 15) is 9.18 Å². The minimum absolute atomic E-state index is 0.0257. The van der Waals surface area contributed by atoms with Gasteiger partial charge in [0.1, 0.15) is 11.6 Å². The van der Waals surface area contributed by atoms with Crippen LogP contribution < -0.4 is 0 Å². The summed E-state index contributed by atoms with van der Waals surface area (Å²) in [7, 11) is 0. The van der Waals surface area contributed by atoms with Crippen LogP contribution in [0.15, 0.2) is 18.2 Å². The molecule has 1 N–H and O–H groups in total. The Morgan fingerprint density at radius 1 is 1.41 bits per heavy atom. The fraction of sp³-hybridized carbons (Fsp3) is 0.250. The maximum Gasteiger partial charge on any atom is 0.303 e. The van der Waals surface area contributed by atoms with Crippen LogP contribution >= 0.6 is 0 Å². The molecule has 2 aromatic rings. The molecule has 0 fully saturated rings. The molecule has 2 rings (SSSR count). The van der Waals surface area contributed by atoms with E-state index >= 15 is 0 Å². The summed E-state index contributed by atoms with van der Waals surface area (Å²) >= 11 is 0. The average molecular weight is 234 g/mol. The van der Waals surface area contributed by atoms with Crippen LogP contribution in [0.4, 0.5) is 4.39 Å². The number of aromatic nitrogens is 2. The molecule has 0 saturated carbocycles. The Morgan fingerprint density at radius 3 is 2.88 bits per heavy atom. The van der Waals surface area contributed by atoms with Gasteiger partial charge in [-0.15, -0.1) is 0 Å². The van der Waals surface area contributed by atoms with Crippen molar-refractivity contribution in [1.29, 1.82) is 0 Å². The molecule has 0 bridgehead atoms. The Kier molecular flexibility index (Phi) is 2.99. The molecule has 0 aliphatic rings. The number of hydrogen-bond donors (Lipinski definition) is 1. The highest BCUT2D eigenvalue weighted by molar-refractivity contribution is 5.81. The van der Waals surface area contributed by atoms with Gasteiger partial charge in [-0.25, -0.2) is 14.4 Å². The molecule has 0 aliphatic heterocycles. The van der Waals surface area contributed by atoms with Crippen molar-refractivity contribution >= 4 is 16.9 Å². The molecule has 0 saturated heterocycles. The molecule has 1 aromatic carbocycles. The summed E-state index contributed by atoms with van der Waals surface area (Å²) in [6, 6.07) is 4.24.